The Balaban J connectivity index is 1.69. The summed E-state index contributed by atoms with van der Waals surface area (Å²) in [6.45, 7) is 4.81. The fourth-order valence-electron chi connectivity index (χ4n) is 3.33. The zero-order valence-corrected chi connectivity index (χ0v) is 16.2. The lowest BCUT2D eigenvalue weighted by molar-refractivity contribution is -0.901. The minimum absolute atomic E-state index is 0.158. The van der Waals surface area contributed by atoms with Crippen LogP contribution in [0.15, 0.2) is 48.5 Å². The van der Waals surface area contributed by atoms with Crippen molar-refractivity contribution >= 4 is 17.6 Å². The van der Waals surface area contributed by atoms with Crippen LogP contribution >= 0.6 is 0 Å². The number of aryl methyl sites for hydroxylation is 1. The molecule has 142 valence electrons. The summed E-state index contributed by atoms with van der Waals surface area (Å²) in [5.74, 6) is 0.651. The monoisotopic (exact) mass is 368 g/mol. The van der Waals surface area contributed by atoms with E-state index in [1.165, 1.54) is 4.90 Å². The highest BCUT2D eigenvalue weighted by Gasteiger charge is 2.44. The second kappa shape index (κ2) is 7.80. The van der Waals surface area contributed by atoms with E-state index in [1.54, 1.807) is 18.9 Å². The number of nitrogens with one attached hydrogen (secondary N) is 1. The average Bonchev–Trinajstić information content (AvgIpc) is 2.87. The van der Waals surface area contributed by atoms with Gasteiger partial charge >= 0.3 is 6.03 Å². The highest BCUT2D eigenvalue weighted by atomic mass is 16.5. The highest BCUT2D eigenvalue weighted by molar-refractivity contribution is 6.13. The third kappa shape index (κ3) is 3.95. The minimum Gasteiger partial charge on any atom is -0.497 e. The number of urea groups is 1. The summed E-state index contributed by atoms with van der Waals surface area (Å²) < 4.78 is 5.17. The van der Waals surface area contributed by atoms with Gasteiger partial charge in [-0.1, -0.05) is 17.7 Å². The first kappa shape index (κ1) is 18.9. The number of benzene rings is 2. The summed E-state index contributed by atoms with van der Waals surface area (Å²) in [6, 6.07) is 14.7. The van der Waals surface area contributed by atoms with E-state index in [1.807, 2.05) is 62.5 Å². The zero-order valence-electron chi connectivity index (χ0n) is 16.2. The van der Waals surface area contributed by atoms with Crippen LogP contribution in [-0.2, 0) is 11.3 Å². The molecule has 1 heterocycles. The molecule has 6 heteroatoms. The van der Waals surface area contributed by atoms with Gasteiger partial charge in [0.2, 0.25) is 0 Å². The quantitative estimate of drug-likeness (QED) is 0.792. The molecule has 1 unspecified atom stereocenters. The lowest BCUT2D eigenvalue weighted by Crippen LogP contribution is -3.09. The first-order valence-corrected chi connectivity index (χ1v) is 9.06. The molecule has 3 rings (SSSR count). The van der Waals surface area contributed by atoms with Gasteiger partial charge in [0, 0.05) is 11.3 Å². The maximum atomic E-state index is 12.9. The van der Waals surface area contributed by atoms with Gasteiger partial charge < -0.3 is 9.64 Å². The molecule has 0 saturated carbocycles. The molecule has 0 bridgehead atoms. The maximum Gasteiger partial charge on any atom is 0.336 e. The van der Waals surface area contributed by atoms with Crippen LogP contribution in [0.1, 0.15) is 18.1 Å². The Bertz CT molecular complexity index is 818. The maximum absolute atomic E-state index is 12.9. The first-order valence-electron chi connectivity index (χ1n) is 9.06. The standard InChI is InChI=1S/C21H25N3O3/c1-15-5-9-18(10-6-15)24-16(2)20(25)23(21(24)26)14-22(3)13-17-7-11-19(27-4)12-8-17/h5-12,16H,13-14H2,1-4H3/p+1/t16-/m1/s1. The molecule has 0 aromatic heterocycles. The van der Waals surface area contributed by atoms with Crippen LogP contribution < -0.4 is 14.5 Å². The van der Waals surface area contributed by atoms with Crippen molar-refractivity contribution in [2.24, 2.45) is 0 Å². The number of hydrogen-bond donors (Lipinski definition) is 1. The Kier molecular flexibility index (Phi) is 5.46. The third-order valence-corrected chi connectivity index (χ3v) is 4.85. The summed E-state index contributed by atoms with van der Waals surface area (Å²) in [4.78, 5) is 29.5. The molecule has 0 aliphatic carbocycles. The zero-order chi connectivity index (χ0) is 19.6. The Morgan fingerprint density at radius 1 is 1.04 bits per heavy atom. The number of carbonyl (C=O) groups is 2. The van der Waals surface area contributed by atoms with Crippen LogP contribution in [0.3, 0.4) is 0 Å². The molecule has 2 aromatic rings. The molecule has 1 fully saturated rings. The van der Waals surface area contributed by atoms with Crippen LogP contribution in [0.2, 0.25) is 0 Å². The van der Waals surface area contributed by atoms with Gasteiger partial charge in [-0.2, -0.15) is 0 Å². The van der Waals surface area contributed by atoms with Crippen molar-refractivity contribution in [3.63, 3.8) is 0 Å². The predicted molar refractivity (Wildman–Crippen MR) is 104 cm³/mol. The second-order valence-corrected chi connectivity index (χ2v) is 7.07. The van der Waals surface area contributed by atoms with Crippen LogP contribution in [0.5, 0.6) is 5.75 Å². The number of nitrogens with zero attached hydrogens (tertiary/aromatic N) is 2. The average molecular weight is 368 g/mol. The summed E-state index contributed by atoms with van der Waals surface area (Å²) in [5.41, 5.74) is 2.99. The van der Waals surface area contributed by atoms with Crippen LogP contribution in [0, 0.1) is 6.92 Å². The molecule has 1 saturated heterocycles. The number of quaternary nitrogens is 1. The molecular formula is C21H26N3O3+. The first-order chi connectivity index (χ1) is 12.9. The van der Waals surface area contributed by atoms with Gasteiger partial charge in [0.1, 0.15) is 18.3 Å². The molecule has 2 aromatic carbocycles. The van der Waals surface area contributed by atoms with E-state index >= 15 is 0 Å². The van der Waals surface area contributed by atoms with Gasteiger partial charge in [-0.15, -0.1) is 0 Å². The number of rotatable bonds is 6. The van der Waals surface area contributed by atoms with Crippen molar-refractivity contribution in [2.45, 2.75) is 26.4 Å². The molecular weight excluding hydrogens is 342 g/mol. The van der Waals surface area contributed by atoms with Gasteiger partial charge in [0.05, 0.1) is 14.2 Å². The number of imide groups is 1. The highest BCUT2D eigenvalue weighted by Crippen LogP contribution is 2.25. The Hall–Kier alpha value is -2.86. The summed E-state index contributed by atoms with van der Waals surface area (Å²) in [5, 5.41) is 0. The van der Waals surface area contributed by atoms with E-state index in [0.717, 1.165) is 27.5 Å². The van der Waals surface area contributed by atoms with E-state index in [9.17, 15) is 9.59 Å². The summed E-state index contributed by atoms with van der Waals surface area (Å²) in [6.07, 6.45) is 0. The molecule has 0 spiro atoms. The van der Waals surface area contributed by atoms with Crippen molar-refractivity contribution in [3.05, 3.63) is 59.7 Å². The van der Waals surface area contributed by atoms with Gasteiger partial charge in [-0.3, -0.25) is 9.69 Å². The van der Waals surface area contributed by atoms with Gasteiger partial charge in [0.25, 0.3) is 5.91 Å². The number of carbonyl (C=O) groups excluding carboxylic acids is 2. The Morgan fingerprint density at radius 3 is 2.26 bits per heavy atom. The predicted octanol–water partition coefficient (Wildman–Crippen LogP) is 1.83. The van der Waals surface area contributed by atoms with Gasteiger partial charge in [0.15, 0.2) is 6.67 Å². The van der Waals surface area contributed by atoms with Crippen molar-refractivity contribution in [1.29, 1.82) is 0 Å². The summed E-state index contributed by atoms with van der Waals surface area (Å²) in [7, 11) is 3.61. The largest absolute Gasteiger partial charge is 0.497 e. The van der Waals surface area contributed by atoms with Gasteiger partial charge in [-0.25, -0.2) is 9.69 Å². The topological polar surface area (TPSA) is 54.3 Å². The molecule has 1 aliphatic rings. The van der Waals surface area contributed by atoms with Gasteiger partial charge in [-0.05, 0) is 50.2 Å². The number of methoxy groups -OCH3 is 1. The lowest BCUT2D eigenvalue weighted by atomic mass is 10.2. The van der Waals surface area contributed by atoms with Crippen LogP contribution in [0.25, 0.3) is 0 Å². The van der Waals surface area contributed by atoms with Crippen molar-refractivity contribution < 1.29 is 19.2 Å². The summed E-state index contributed by atoms with van der Waals surface area (Å²) >= 11 is 0. The second-order valence-electron chi connectivity index (χ2n) is 7.07. The molecule has 6 nitrogen and oxygen atoms in total. The molecule has 2 atom stereocenters. The van der Waals surface area contributed by atoms with E-state index < -0.39 is 6.04 Å². The Morgan fingerprint density at radius 2 is 1.67 bits per heavy atom. The number of amides is 3. The molecule has 1 aliphatic heterocycles. The van der Waals surface area contributed by atoms with Crippen molar-refractivity contribution in [3.8, 4) is 5.75 Å². The molecule has 1 N–H and O–H groups in total. The number of hydrogen-bond acceptors (Lipinski definition) is 3. The minimum atomic E-state index is -0.492. The number of anilines is 1. The van der Waals surface area contributed by atoms with Crippen LogP contribution in [0.4, 0.5) is 10.5 Å². The number of ether oxygens (including phenoxy) is 1. The molecule has 27 heavy (non-hydrogen) atoms. The SMILES string of the molecule is COc1ccc(C[NH+](C)CN2C(=O)[C@@H](C)N(c3ccc(C)cc3)C2=O)cc1. The lowest BCUT2D eigenvalue weighted by Gasteiger charge is -2.21. The van der Waals surface area contributed by atoms with Crippen molar-refractivity contribution in [1.82, 2.24) is 4.90 Å². The van der Waals surface area contributed by atoms with Crippen molar-refractivity contribution in [2.75, 3.05) is 25.7 Å². The third-order valence-electron chi connectivity index (χ3n) is 4.85. The fourth-order valence-corrected chi connectivity index (χ4v) is 3.33. The van der Waals surface area contributed by atoms with E-state index in [0.29, 0.717) is 13.2 Å². The van der Waals surface area contributed by atoms with Crippen LogP contribution in [-0.4, -0.2) is 43.7 Å². The molecule has 0 radical (unpaired) electrons. The Labute approximate surface area is 159 Å². The van der Waals surface area contributed by atoms with E-state index in [2.05, 4.69) is 0 Å². The fraction of sp³-hybridized carbons (Fsp3) is 0.333. The molecule has 3 amide bonds. The smallest absolute Gasteiger partial charge is 0.336 e. The van der Waals surface area contributed by atoms with E-state index in [-0.39, 0.29) is 11.9 Å². The van der Waals surface area contributed by atoms with E-state index in [4.69, 9.17) is 4.74 Å². The normalized spacial score (nSPS) is 18.1.